The van der Waals surface area contributed by atoms with E-state index in [1.165, 1.54) is 6.08 Å². The number of carbonyl (C=O) groups is 1. The van der Waals surface area contributed by atoms with E-state index in [2.05, 4.69) is 14.8 Å². The van der Waals surface area contributed by atoms with Gasteiger partial charge in [0.2, 0.25) is 5.89 Å². The van der Waals surface area contributed by atoms with Gasteiger partial charge >= 0.3 is 5.97 Å². The molecule has 0 saturated heterocycles. The number of esters is 1. The fourth-order valence-corrected chi connectivity index (χ4v) is 3.45. The standard InChI is InChI=1S/C23H24N4O4/c1-15-10-19(17(3)27(15)16(2)13-29-4)11-20(12-24)23(28)30-14-21-25-26-22(31-21)18-8-6-5-7-9-18/h5-11,16H,13-14H2,1-4H3/b20-11+/t16-/m0/s1. The lowest BCUT2D eigenvalue weighted by Gasteiger charge is -2.17. The van der Waals surface area contributed by atoms with E-state index >= 15 is 0 Å². The van der Waals surface area contributed by atoms with Gasteiger partial charge in [-0.25, -0.2) is 4.79 Å². The summed E-state index contributed by atoms with van der Waals surface area (Å²) < 4.78 is 18.1. The highest BCUT2D eigenvalue weighted by molar-refractivity contribution is 5.98. The molecule has 0 aliphatic rings. The van der Waals surface area contributed by atoms with Gasteiger partial charge in [0.15, 0.2) is 6.61 Å². The molecule has 0 aliphatic heterocycles. The van der Waals surface area contributed by atoms with Crippen molar-refractivity contribution in [2.45, 2.75) is 33.4 Å². The third kappa shape index (κ3) is 5.08. The number of hydrogen-bond donors (Lipinski definition) is 0. The molecule has 0 radical (unpaired) electrons. The lowest BCUT2D eigenvalue weighted by Crippen LogP contribution is -2.13. The Labute approximate surface area is 180 Å². The van der Waals surface area contributed by atoms with Crippen LogP contribution in [0.1, 0.15) is 35.8 Å². The van der Waals surface area contributed by atoms with Crippen molar-refractivity contribution in [3.63, 3.8) is 0 Å². The number of hydrogen-bond acceptors (Lipinski definition) is 7. The molecule has 2 aromatic heterocycles. The molecule has 160 valence electrons. The summed E-state index contributed by atoms with van der Waals surface area (Å²) in [6.45, 7) is 6.30. The van der Waals surface area contributed by atoms with Gasteiger partial charge in [0, 0.05) is 24.1 Å². The molecule has 0 saturated carbocycles. The molecule has 0 spiro atoms. The van der Waals surface area contributed by atoms with E-state index in [1.54, 1.807) is 7.11 Å². The lowest BCUT2D eigenvalue weighted by molar-refractivity contribution is -0.140. The maximum absolute atomic E-state index is 12.4. The summed E-state index contributed by atoms with van der Waals surface area (Å²) in [4.78, 5) is 12.4. The van der Waals surface area contributed by atoms with Crippen molar-refractivity contribution in [1.82, 2.24) is 14.8 Å². The number of rotatable bonds is 8. The van der Waals surface area contributed by atoms with Gasteiger partial charge in [-0.15, -0.1) is 10.2 Å². The van der Waals surface area contributed by atoms with Crippen LogP contribution in [-0.2, 0) is 20.9 Å². The van der Waals surface area contributed by atoms with Crippen LogP contribution in [0.3, 0.4) is 0 Å². The number of carbonyl (C=O) groups excluding carboxylic acids is 1. The summed E-state index contributed by atoms with van der Waals surface area (Å²) in [7, 11) is 1.65. The Morgan fingerprint density at radius 1 is 1.29 bits per heavy atom. The molecule has 0 aliphatic carbocycles. The quantitative estimate of drug-likeness (QED) is 0.308. The van der Waals surface area contributed by atoms with Crippen molar-refractivity contribution in [1.29, 1.82) is 5.26 Å². The Morgan fingerprint density at radius 2 is 2.03 bits per heavy atom. The number of nitriles is 1. The average molecular weight is 420 g/mol. The van der Waals surface area contributed by atoms with Crippen LogP contribution in [-0.4, -0.2) is 34.5 Å². The Morgan fingerprint density at radius 3 is 2.71 bits per heavy atom. The normalized spacial score (nSPS) is 12.4. The molecule has 1 atom stereocenters. The van der Waals surface area contributed by atoms with Gasteiger partial charge in [-0.2, -0.15) is 5.26 Å². The van der Waals surface area contributed by atoms with E-state index < -0.39 is 5.97 Å². The minimum Gasteiger partial charge on any atom is -0.451 e. The predicted molar refractivity (Wildman–Crippen MR) is 114 cm³/mol. The highest BCUT2D eigenvalue weighted by Gasteiger charge is 2.18. The molecule has 1 aromatic carbocycles. The Balaban J connectivity index is 1.71. The largest absolute Gasteiger partial charge is 0.451 e. The minimum absolute atomic E-state index is 0.109. The topological polar surface area (TPSA) is 103 Å². The molecule has 0 unspecified atom stereocenters. The van der Waals surface area contributed by atoms with Gasteiger partial charge in [0.25, 0.3) is 5.89 Å². The first-order valence-electron chi connectivity index (χ1n) is 9.78. The van der Waals surface area contributed by atoms with Crippen LogP contribution in [0.4, 0.5) is 0 Å². The molecule has 8 heteroatoms. The second kappa shape index (κ2) is 9.87. The number of ether oxygens (including phenoxy) is 2. The molecule has 8 nitrogen and oxygen atoms in total. The number of aromatic nitrogens is 3. The maximum atomic E-state index is 12.4. The Kier molecular flexibility index (Phi) is 7.00. The predicted octanol–water partition coefficient (Wildman–Crippen LogP) is 4.01. The smallest absolute Gasteiger partial charge is 0.349 e. The van der Waals surface area contributed by atoms with Crippen molar-refractivity contribution < 1.29 is 18.7 Å². The molecule has 0 amide bonds. The molecular weight excluding hydrogens is 396 g/mol. The monoisotopic (exact) mass is 420 g/mol. The first-order chi connectivity index (χ1) is 14.9. The van der Waals surface area contributed by atoms with Crippen molar-refractivity contribution in [2.24, 2.45) is 0 Å². The van der Waals surface area contributed by atoms with Crippen molar-refractivity contribution in [2.75, 3.05) is 13.7 Å². The van der Waals surface area contributed by atoms with Crippen LogP contribution in [0.25, 0.3) is 17.5 Å². The summed E-state index contributed by atoms with van der Waals surface area (Å²) >= 11 is 0. The van der Waals surface area contributed by atoms with Crippen LogP contribution >= 0.6 is 0 Å². The van der Waals surface area contributed by atoms with Gasteiger partial charge in [-0.05, 0) is 50.6 Å². The summed E-state index contributed by atoms with van der Waals surface area (Å²) in [5.41, 5.74) is 3.38. The maximum Gasteiger partial charge on any atom is 0.349 e. The van der Waals surface area contributed by atoms with Gasteiger partial charge in [-0.1, -0.05) is 18.2 Å². The average Bonchev–Trinajstić information content (AvgIpc) is 3.35. The van der Waals surface area contributed by atoms with E-state index in [0.29, 0.717) is 12.5 Å². The van der Waals surface area contributed by atoms with Gasteiger partial charge in [0.05, 0.1) is 12.6 Å². The first kappa shape index (κ1) is 22.0. The zero-order valence-corrected chi connectivity index (χ0v) is 18.0. The Hall–Kier alpha value is -3.70. The number of benzene rings is 1. The van der Waals surface area contributed by atoms with Crippen LogP contribution in [0, 0.1) is 25.2 Å². The third-order valence-corrected chi connectivity index (χ3v) is 4.83. The molecule has 3 rings (SSSR count). The highest BCUT2D eigenvalue weighted by Crippen LogP contribution is 2.23. The van der Waals surface area contributed by atoms with Crippen molar-refractivity contribution in [3.05, 3.63) is 64.8 Å². The molecular formula is C23H24N4O4. The van der Waals surface area contributed by atoms with Gasteiger partial charge < -0.3 is 18.5 Å². The van der Waals surface area contributed by atoms with Gasteiger partial charge in [-0.3, -0.25) is 0 Å². The zero-order chi connectivity index (χ0) is 22.4. The molecule has 0 N–H and O–H groups in total. The van der Waals surface area contributed by atoms with Crippen molar-refractivity contribution >= 4 is 12.0 Å². The summed E-state index contributed by atoms with van der Waals surface area (Å²) in [6, 6.07) is 13.2. The number of nitrogens with zero attached hydrogens (tertiary/aromatic N) is 4. The summed E-state index contributed by atoms with van der Waals surface area (Å²) in [5, 5.41) is 17.3. The molecule has 2 heterocycles. The number of methoxy groups -OCH3 is 1. The molecule has 31 heavy (non-hydrogen) atoms. The van der Waals surface area contributed by atoms with E-state index in [1.807, 2.05) is 63.2 Å². The van der Waals surface area contributed by atoms with E-state index in [-0.39, 0.29) is 24.1 Å². The molecule has 3 aromatic rings. The van der Waals surface area contributed by atoms with E-state index in [9.17, 15) is 10.1 Å². The van der Waals surface area contributed by atoms with E-state index in [0.717, 1.165) is 22.5 Å². The van der Waals surface area contributed by atoms with Crippen LogP contribution < -0.4 is 0 Å². The SMILES string of the molecule is COC[C@H](C)n1c(C)cc(/C=C(\C#N)C(=O)OCc2nnc(-c3ccccc3)o2)c1C. The third-order valence-electron chi connectivity index (χ3n) is 4.83. The van der Waals surface area contributed by atoms with Gasteiger partial charge in [0.1, 0.15) is 11.6 Å². The van der Waals surface area contributed by atoms with Crippen LogP contribution in [0.15, 0.2) is 46.4 Å². The second-order valence-electron chi connectivity index (χ2n) is 7.11. The van der Waals surface area contributed by atoms with Crippen molar-refractivity contribution in [3.8, 4) is 17.5 Å². The zero-order valence-electron chi connectivity index (χ0n) is 18.0. The van der Waals surface area contributed by atoms with E-state index in [4.69, 9.17) is 13.9 Å². The minimum atomic E-state index is -0.753. The fourth-order valence-electron chi connectivity index (χ4n) is 3.45. The molecule has 0 bridgehead atoms. The fraction of sp³-hybridized carbons (Fsp3) is 0.304. The first-order valence-corrected chi connectivity index (χ1v) is 9.78. The summed E-state index contributed by atoms with van der Waals surface area (Å²) in [5.74, 6) is -0.270. The van der Waals surface area contributed by atoms with Crippen LogP contribution in [0.5, 0.6) is 0 Å². The summed E-state index contributed by atoms with van der Waals surface area (Å²) in [6.07, 6.45) is 1.53. The van der Waals surface area contributed by atoms with Crippen LogP contribution in [0.2, 0.25) is 0 Å². The number of aryl methyl sites for hydroxylation is 1. The highest BCUT2D eigenvalue weighted by atomic mass is 16.5. The Bertz CT molecular complexity index is 1120. The molecule has 0 fully saturated rings. The lowest BCUT2D eigenvalue weighted by atomic mass is 10.1. The second-order valence-corrected chi connectivity index (χ2v) is 7.11.